The van der Waals surface area contributed by atoms with Gasteiger partial charge < -0.3 is 25.1 Å². The van der Waals surface area contributed by atoms with Gasteiger partial charge in [0.2, 0.25) is 5.91 Å². The molecule has 0 aliphatic carbocycles. The summed E-state index contributed by atoms with van der Waals surface area (Å²) in [5, 5.41) is 6.54. The maximum Gasteiger partial charge on any atom is 0.325 e. The molecule has 9 heteroatoms. The Balaban J connectivity index is 1.33. The number of benzene rings is 2. The van der Waals surface area contributed by atoms with Crippen molar-refractivity contribution in [2.24, 2.45) is 0 Å². The van der Waals surface area contributed by atoms with Gasteiger partial charge in [-0.2, -0.15) is 0 Å². The van der Waals surface area contributed by atoms with E-state index < -0.39 is 12.1 Å². The molecular weight excluding hydrogens is 412 g/mol. The van der Waals surface area contributed by atoms with E-state index in [0.717, 1.165) is 21.4 Å². The third-order valence-corrected chi connectivity index (χ3v) is 5.39. The van der Waals surface area contributed by atoms with Gasteiger partial charge in [-0.15, -0.1) is 0 Å². The maximum atomic E-state index is 12.7. The van der Waals surface area contributed by atoms with Gasteiger partial charge in [0.1, 0.15) is 6.04 Å². The van der Waals surface area contributed by atoms with Gasteiger partial charge in [-0.25, -0.2) is 4.79 Å². The molecule has 4 rings (SSSR count). The third-order valence-electron chi connectivity index (χ3n) is 5.39. The van der Waals surface area contributed by atoms with Gasteiger partial charge in [0.25, 0.3) is 5.91 Å². The van der Waals surface area contributed by atoms with E-state index in [2.05, 4.69) is 15.6 Å². The molecule has 1 aliphatic heterocycles. The van der Waals surface area contributed by atoms with Crippen LogP contribution < -0.4 is 20.1 Å². The van der Waals surface area contributed by atoms with Crippen LogP contribution in [-0.2, 0) is 16.1 Å². The molecule has 1 atom stereocenters. The summed E-state index contributed by atoms with van der Waals surface area (Å²) in [6.45, 7) is 0.101. The summed E-state index contributed by atoms with van der Waals surface area (Å²) in [5.41, 5.74) is 2.32. The summed E-state index contributed by atoms with van der Waals surface area (Å²) < 4.78 is 10.5. The zero-order valence-electron chi connectivity index (χ0n) is 17.8. The Labute approximate surface area is 184 Å². The molecule has 0 bridgehead atoms. The molecule has 2 heterocycles. The molecule has 1 aliphatic rings. The maximum absolute atomic E-state index is 12.7. The molecule has 1 aromatic heterocycles. The van der Waals surface area contributed by atoms with Crippen molar-refractivity contribution in [1.29, 1.82) is 0 Å². The summed E-state index contributed by atoms with van der Waals surface area (Å²) in [4.78, 5) is 41.7. The van der Waals surface area contributed by atoms with Gasteiger partial charge in [0, 0.05) is 23.8 Å². The molecule has 0 radical (unpaired) electrons. The first-order chi connectivity index (χ1) is 15.5. The van der Waals surface area contributed by atoms with E-state index in [1.807, 2.05) is 30.5 Å². The average Bonchev–Trinajstić information content (AvgIpc) is 3.36. The molecule has 3 N–H and O–H groups in total. The minimum absolute atomic E-state index is 0.101. The van der Waals surface area contributed by atoms with Crippen molar-refractivity contribution >= 4 is 34.4 Å². The Bertz CT molecular complexity index is 1170. The van der Waals surface area contributed by atoms with E-state index in [-0.39, 0.29) is 31.2 Å². The van der Waals surface area contributed by atoms with Crippen molar-refractivity contribution in [3.8, 4) is 11.5 Å². The van der Waals surface area contributed by atoms with Crippen LogP contribution in [0.15, 0.2) is 48.7 Å². The SMILES string of the molecule is COc1ccc(CN2C(=O)N[C@@H](CCC(=O)Nc3ccc4cc[nH]c4c3)C2=O)cc1OC. The highest BCUT2D eigenvalue weighted by Crippen LogP contribution is 2.28. The number of carbonyl (C=O) groups is 3. The largest absolute Gasteiger partial charge is 0.493 e. The minimum Gasteiger partial charge on any atom is -0.493 e. The number of anilines is 1. The van der Waals surface area contributed by atoms with Gasteiger partial charge >= 0.3 is 6.03 Å². The lowest BCUT2D eigenvalue weighted by molar-refractivity contribution is -0.128. The molecule has 1 fully saturated rings. The molecular formula is C23H24N4O5. The Morgan fingerprint density at radius 3 is 2.66 bits per heavy atom. The summed E-state index contributed by atoms with van der Waals surface area (Å²) in [7, 11) is 3.06. The van der Waals surface area contributed by atoms with Gasteiger partial charge in [-0.05, 0) is 47.7 Å². The summed E-state index contributed by atoms with van der Waals surface area (Å²) in [5.74, 6) is 0.497. The second-order valence-corrected chi connectivity index (χ2v) is 7.48. The number of H-pyrrole nitrogens is 1. The summed E-state index contributed by atoms with van der Waals surface area (Å²) in [6.07, 6.45) is 2.14. The number of ether oxygens (including phenoxy) is 2. The summed E-state index contributed by atoms with van der Waals surface area (Å²) >= 11 is 0. The van der Waals surface area contributed by atoms with E-state index >= 15 is 0 Å². The monoisotopic (exact) mass is 436 g/mol. The lowest BCUT2D eigenvalue weighted by atomic mass is 10.1. The number of hydrogen-bond acceptors (Lipinski definition) is 5. The van der Waals surface area contributed by atoms with Gasteiger partial charge in [-0.3, -0.25) is 14.5 Å². The first kappa shape index (κ1) is 21.2. The molecule has 166 valence electrons. The number of fused-ring (bicyclic) bond motifs is 1. The van der Waals surface area contributed by atoms with Crippen LogP contribution in [0, 0.1) is 0 Å². The van der Waals surface area contributed by atoms with Crippen LogP contribution in [0.3, 0.4) is 0 Å². The van der Waals surface area contributed by atoms with Crippen molar-refractivity contribution in [2.75, 3.05) is 19.5 Å². The fourth-order valence-electron chi connectivity index (χ4n) is 3.71. The molecule has 0 unspecified atom stereocenters. The number of imide groups is 1. The van der Waals surface area contributed by atoms with E-state index in [4.69, 9.17) is 9.47 Å². The number of rotatable bonds is 8. The predicted molar refractivity (Wildman–Crippen MR) is 119 cm³/mol. The van der Waals surface area contributed by atoms with Crippen LogP contribution in [0.5, 0.6) is 11.5 Å². The Hall–Kier alpha value is -4.01. The molecule has 32 heavy (non-hydrogen) atoms. The van der Waals surface area contributed by atoms with Crippen molar-refractivity contribution in [2.45, 2.75) is 25.4 Å². The van der Waals surface area contributed by atoms with Crippen LogP contribution >= 0.6 is 0 Å². The fourth-order valence-corrected chi connectivity index (χ4v) is 3.71. The quantitative estimate of drug-likeness (QED) is 0.470. The number of aromatic amines is 1. The molecule has 1 saturated heterocycles. The first-order valence-electron chi connectivity index (χ1n) is 10.2. The van der Waals surface area contributed by atoms with Crippen molar-refractivity contribution < 1.29 is 23.9 Å². The molecule has 9 nitrogen and oxygen atoms in total. The number of amides is 4. The number of aromatic nitrogens is 1. The van der Waals surface area contributed by atoms with E-state index in [1.54, 1.807) is 18.2 Å². The van der Waals surface area contributed by atoms with Crippen LogP contribution in [0.2, 0.25) is 0 Å². The standard InChI is InChI=1S/C23H24N4O5/c1-31-19-7-3-14(11-20(19)32-2)13-27-22(29)17(26-23(27)30)6-8-21(28)25-16-5-4-15-9-10-24-18(15)12-16/h3-5,7,9-12,17,24H,6,8,13H2,1-2H3,(H,25,28)(H,26,30)/t17-/m0/s1. The van der Waals surface area contributed by atoms with E-state index in [9.17, 15) is 14.4 Å². The van der Waals surface area contributed by atoms with Gasteiger partial charge in [0.15, 0.2) is 11.5 Å². The highest BCUT2D eigenvalue weighted by atomic mass is 16.5. The minimum atomic E-state index is -0.737. The zero-order valence-corrected chi connectivity index (χ0v) is 17.8. The lowest BCUT2D eigenvalue weighted by Crippen LogP contribution is -2.31. The van der Waals surface area contributed by atoms with Gasteiger partial charge in [0.05, 0.1) is 20.8 Å². The van der Waals surface area contributed by atoms with Crippen molar-refractivity contribution in [3.63, 3.8) is 0 Å². The molecule has 2 aromatic carbocycles. The highest BCUT2D eigenvalue weighted by molar-refractivity contribution is 6.04. The fraction of sp³-hybridized carbons (Fsp3) is 0.261. The van der Waals surface area contributed by atoms with Crippen LogP contribution in [0.25, 0.3) is 10.9 Å². The second kappa shape index (κ2) is 9.01. The van der Waals surface area contributed by atoms with Gasteiger partial charge in [-0.1, -0.05) is 12.1 Å². The van der Waals surface area contributed by atoms with Crippen LogP contribution in [0.1, 0.15) is 18.4 Å². The Morgan fingerprint density at radius 2 is 1.88 bits per heavy atom. The smallest absolute Gasteiger partial charge is 0.325 e. The number of hydrogen-bond donors (Lipinski definition) is 3. The molecule has 0 saturated carbocycles. The third kappa shape index (κ3) is 4.36. The second-order valence-electron chi connectivity index (χ2n) is 7.48. The lowest BCUT2D eigenvalue weighted by Gasteiger charge is -2.15. The summed E-state index contributed by atoms with van der Waals surface area (Å²) in [6, 6.07) is 11.5. The Kier molecular flexibility index (Phi) is 5.98. The van der Waals surface area contributed by atoms with Crippen LogP contribution in [0.4, 0.5) is 10.5 Å². The van der Waals surface area contributed by atoms with E-state index in [1.165, 1.54) is 14.2 Å². The number of urea groups is 1. The normalized spacial score (nSPS) is 15.7. The number of methoxy groups -OCH3 is 2. The zero-order chi connectivity index (χ0) is 22.7. The topological polar surface area (TPSA) is 113 Å². The highest BCUT2D eigenvalue weighted by Gasteiger charge is 2.37. The number of carbonyl (C=O) groups excluding carboxylic acids is 3. The van der Waals surface area contributed by atoms with Crippen molar-refractivity contribution in [1.82, 2.24) is 15.2 Å². The number of nitrogens with one attached hydrogen (secondary N) is 3. The first-order valence-corrected chi connectivity index (χ1v) is 10.2. The van der Waals surface area contributed by atoms with Crippen LogP contribution in [-0.4, -0.2) is 48.0 Å². The average molecular weight is 436 g/mol. The number of nitrogens with zero attached hydrogens (tertiary/aromatic N) is 1. The van der Waals surface area contributed by atoms with E-state index in [0.29, 0.717) is 17.2 Å². The predicted octanol–water partition coefficient (Wildman–Crippen LogP) is 3.02. The molecule has 4 amide bonds. The Morgan fingerprint density at radius 1 is 1.06 bits per heavy atom. The molecule has 0 spiro atoms. The molecule has 3 aromatic rings. The van der Waals surface area contributed by atoms with Crippen molar-refractivity contribution in [3.05, 3.63) is 54.2 Å².